The molecule has 88 valence electrons. The van der Waals surface area contributed by atoms with Gasteiger partial charge in [0.1, 0.15) is 5.75 Å². The van der Waals surface area contributed by atoms with Gasteiger partial charge in [0.2, 0.25) is 0 Å². The van der Waals surface area contributed by atoms with E-state index in [1.807, 2.05) is 30.3 Å². The summed E-state index contributed by atoms with van der Waals surface area (Å²) in [6, 6.07) is 17.2. The zero-order chi connectivity index (χ0) is 12.3. The van der Waals surface area contributed by atoms with Crippen LogP contribution in [0.4, 0.5) is 0 Å². The number of phenols is 1. The van der Waals surface area contributed by atoms with Crippen molar-refractivity contribution in [2.45, 2.75) is 18.9 Å². The summed E-state index contributed by atoms with van der Waals surface area (Å²) in [7, 11) is 0. The Hall–Kier alpha value is -1.80. The van der Waals surface area contributed by atoms with Crippen molar-refractivity contribution in [3.63, 3.8) is 0 Å². The number of aromatic hydroxyl groups is 1. The minimum Gasteiger partial charge on any atom is -0.508 e. The Balaban J connectivity index is 2.23. The monoisotopic (exact) mass is 227 g/mol. The highest BCUT2D eigenvalue weighted by Crippen LogP contribution is 2.29. The van der Waals surface area contributed by atoms with E-state index in [2.05, 4.69) is 19.1 Å². The Bertz CT molecular complexity index is 481. The molecule has 3 N–H and O–H groups in total. The van der Waals surface area contributed by atoms with Gasteiger partial charge in [-0.15, -0.1) is 0 Å². The fraction of sp³-hybridized carbons (Fsp3) is 0.200. The maximum atomic E-state index is 9.46. The Labute approximate surface area is 102 Å². The van der Waals surface area contributed by atoms with Gasteiger partial charge in [-0.1, -0.05) is 49.4 Å². The van der Waals surface area contributed by atoms with Gasteiger partial charge >= 0.3 is 0 Å². The lowest BCUT2D eigenvalue weighted by Crippen LogP contribution is -2.17. The van der Waals surface area contributed by atoms with Crippen LogP contribution in [0.5, 0.6) is 5.75 Å². The van der Waals surface area contributed by atoms with Gasteiger partial charge in [-0.3, -0.25) is 0 Å². The maximum absolute atomic E-state index is 9.46. The molecule has 2 aromatic rings. The standard InChI is InChI=1S/C15H17NO/c1-11(12-6-3-2-4-7-12)15(16)13-8-5-9-14(17)10-13/h2-11,15,17H,16H2,1H3. The van der Waals surface area contributed by atoms with Gasteiger partial charge in [0.05, 0.1) is 0 Å². The van der Waals surface area contributed by atoms with E-state index in [1.54, 1.807) is 12.1 Å². The molecule has 0 radical (unpaired) electrons. The van der Waals surface area contributed by atoms with E-state index in [0.29, 0.717) is 0 Å². The first kappa shape index (κ1) is 11.7. The molecule has 0 aromatic heterocycles. The van der Waals surface area contributed by atoms with E-state index in [0.717, 1.165) is 5.56 Å². The van der Waals surface area contributed by atoms with Crippen LogP contribution in [-0.2, 0) is 0 Å². The van der Waals surface area contributed by atoms with E-state index in [1.165, 1.54) is 5.56 Å². The lowest BCUT2D eigenvalue weighted by Gasteiger charge is -2.20. The van der Waals surface area contributed by atoms with Crippen molar-refractivity contribution in [1.82, 2.24) is 0 Å². The summed E-state index contributed by atoms with van der Waals surface area (Å²) < 4.78 is 0. The Kier molecular flexibility index (Phi) is 3.45. The minimum absolute atomic E-state index is 0.107. The topological polar surface area (TPSA) is 46.2 Å². The van der Waals surface area contributed by atoms with Gasteiger partial charge in [-0.2, -0.15) is 0 Å². The van der Waals surface area contributed by atoms with Gasteiger partial charge in [-0.05, 0) is 23.3 Å². The van der Waals surface area contributed by atoms with Crippen molar-refractivity contribution >= 4 is 0 Å². The molecule has 0 heterocycles. The van der Waals surface area contributed by atoms with Crippen LogP contribution in [0.25, 0.3) is 0 Å². The lowest BCUT2D eigenvalue weighted by molar-refractivity contribution is 0.472. The molecule has 2 unspecified atom stereocenters. The van der Waals surface area contributed by atoms with Crippen LogP contribution in [0.15, 0.2) is 54.6 Å². The van der Waals surface area contributed by atoms with Crippen molar-refractivity contribution in [1.29, 1.82) is 0 Å². The van der Waals surface area contributed by atoms with Crippen molar-refractivity contribution in [2.24, 2.45) is 5.73 Å². The third kappa shape index (κ3) is 2.66. The number of nitrogens with two attached hydrogens (primary N) is 1. The van der Waals surface area contributed by atoms with Gasteiger partial charge in [-0.25, -0.2) is 0 Å². The second-order valence-electron chi connectivity index (χ2n) is 4.32. The Morgan fingerprint density at radius 2 is 1.59 bits per heavy atom. The fourth-order valence-corrected chi connectivity index (χ4v) is 1.98. The van der Waals surface area contributed by atoms with Crippen molar-refractivity contribution in [3.8, 4) is 5.75 Å². The number of phenolic OH excluding ortho intramolecular Hbond substituents is 1. The molecule has 0 spiro atoms. The molecule has 17 heavy (non-hydrogen) atoms. The highest BCUT2D eigenvalue weighted by Gasteiger charge is 2.16. The molecule has 2 rings (SSSR count). The van der Waals surface area contributed by atoms with Crippen molar-refractivity contribution in [3.05, 3.63) is 65.7 Å². The Morgan fingerprint density at radius 1 is 0.941 bits per heavy atom. The molecule has 0 aliphatic heterocycles. The third-order valence-electron chi connectivity index (χ3n) is 3.12. The van der Waals surface area contributed by atoms with Gasteiger partial charge < -0.3 is 10.8 Å². The molecule has 0 saturated heterocycles. The van der Waals surface area contributed by atoms with E-state index in [9.17, 15) is 5.11 Å². The second kappa shape index (κ2) is 5.02. The first-order valence-corrected chi connectivity index (χ1v) is 5.78. The van der Waals surface area contributed by atoms with E-state index < -0.39 is 0 Å². The maximum Gasteiger partial charge on any atom is 0.115 e. The number of benzene rings is 2. The molecule has 2 atom stereocenters. The normalized spacial score (nSPS) is 14.2. The molecule has 0 fully saturated rings. The largest absolute Gasteiger partial charge is 0.508 e. The molecular formula is C15H17NO. The molecule has 2 nitrogen and oxygen atoms in total. The summed E-state index contributed by atoms with van der Waals surface area (Å²) in [6.45, 7) is 2.10. The molecule has 2 heteroatoms. The van der Waals surface area contributed by atoms with Gasteiger partial charge in [0.25, 0.3) is 0 Å². The van der Waals surface area contributed by atoms with Crippen LogP contribution in [0, 0.1) is 0 Å². The summed E-state index contributed by atoms with van der Waals surface area (Å²) in [5, 5.41) is 9.46. The minimum atomic E-state index is -0.107. The quantitative estimate of drug-likeness (QED) is 0.845. The molecule has 0 aliphatic carbocycles. The highest BCUT2D eigenvalue weighted by molar-refractivity contribution is 5.32. The third-order valence-corrected chi connectivity index (χ3v) is 3.12. The predicted octanol–water partition coefficient (Wildman–Crippen LogP) is 3.20. The Morgan fingerprint density at radius 3 is 2.24 bits per heavy atom. The zero-order valence-electron chi connectivity index (χ0n) is 9.88. The van der Waals surface area contributed by atoms with Crippen LogP contribution < -0.4 is 5.73 Å². The fourth-order valence-electron chi connectivity index (χ4n) is 1.98. The van der Waals surface area contributed by atoms with Crippen LogP contribution in [-0.4, -0.2) is 5.11 Å². The molecular weight excluding hydrogens is 210 g/mol. The molecule has 0 saturated carbocycles. The molecule has 2 aromatic carbocycles. The van der Waals surface area contributed by atoms with Crippen LogP contribution in [0.2, 0.25) is 0 Å². The number of hydrogen-bond donors (Lipinski definition) is 2. The summed E-state index contributed by atoms with van der Waals surface area (Å²) >= 11 is 0. The van der Waals surface area contributed by atoms with Crippen LogP contribution in [0.3, 0.4) is 0 Å². The first-order chi connectivity index (χ1) is 8.18. The van der Waals surface area contributed by atoms with E-state index >= 15 is 0 Å². The summed E-state index contributed by atoms with van der Waals surface area (Å²) in [4.78, 5) is 0. The number of rotatable bonds is 3. The van der Waals surface area contributed by atoms with Crippen molar-refractivity contribution in [2.75, 3.05) is 0 Å². The predicted molar refractivity (Wildman–Crippen MR) is 69.9 cm³/mol. The molecule has 0 bridgehead atoms. The molecule has 0 aliphatic rings. The first-order valence-electron chi connectivity index (χ1n) is 5.78. The SMILES string of the molecule is CC(c1ccccc1)C(N)c1cccc(O)c1. The summed E-state index contributed by atoms with van der Waals surface area (Å²) in [5.41, 5.74) is 8.40. The summed E-state index contributed by atoms with van der Waals surface area (Å²) in [6.07, 6.45) is 0. The van der Waals surface area contributed by atoms with Crippen LogP contribution in [0.1, 0.15) is 30.0 Å². The average molecular weight is 227 g/mol. The van der Waals surface area contributed by atoms with Crippen LogP contribution >= 0.6 is 0 Å². The number of hydrogen-bond acceptors (Lipinski definition) is 2. The zero-order valence-corrected chi connectivity index (χ0v) is 9.88. The second-order valence-corrected chi connectivity index (χ2v) is 4.32. The van der Waals surface area contributed by atoms with Gasteiger partial charge in [0, 0.05) is 12.0 Å². The average Bonchev–Trinajstić information content (AvgIpc) is 2.38. The van der Waals surface area contributed by atoms with E-state index in [-0.39, 0.29) is 17.7 Å². The van der Waals surface area contributed by atoms with E-state index in [4.69, 9.17) is 5.73 Å². The van der Waals surface area contributed by atoms with Crippen molar-refractivity contribution < 1.29 is 5.11 Å². The molecule has 0 amide bonds. The lowest BCUT2D eigenvalue weighted by atomic mass is 9.89. The smallest absolute Gasteiger partial charge is 0.115 e. The highest BCUT2D eigenvalue weighted by atomic mass is 16.3. The van der Waals surface area contributed by atoms with Gasteiger partial charge in [0.15, 0.2) is 0 Å². The summed E-state index contributed by atoms with van der Waals surface area (Å²) in [5.74, 6) is 0.483.